The van der Waals surface area contributed by atoms with Crippen molar-refractivity contribution in [3.05, 3.63) is 35.4 Å². The van der Waals surface area contributed by atoms with Crippen LogP contribution in [-0.2, 0) is 0 Å². The lowest BCUT2D eigenvalue weighted by atomic mass is 9.97. The van der Waals surface area contributed by atoms with Crippen LogP contribution in [-0.4, -0.2) is 11.7 Å². The Morgan fingerprint density at radius 3 is 2.57 bits per heavy atom. The molecule has 1 aromatic carbocycles. The summed E-state index contributed by atoms with van der Waals surface area (Å²) in [6.07, 6.45) is 0.403. The number of benzene rings is 1. The minimum Gasteiger partial charge on any atom is -0.388 e. The van der Waals surface area contributed by atoms with E-state index in [9.17, 15) is 5.11 Å². The molecule has 0 saturated carbocycles. The van der Waals surface area contributed by atoms with E-state index in [0.717, 1.165) is 12.0 Å². The summed E-state index contributed by atoms with van der Waals surface area (Å²) in [5.41, 5.74) is 7.80. The Bertz CT molecular complexity index is 260. The molecule has 0 aromatic heterocycles. The summed E-state index contributed by atoms with van der Waals surface area (Å²) in [6.45, 7) is 4.72. The molecule has 1 rings (SSSR count). The van der Waals surface area contributed by atoms with E-state index >= 15 is 0 Å². The molecule has 14 heavy (non-hydrogen) atoms. The van der Waals surface area contributed by atoms with Crippen molar-refractivity contribution in [1.82, 2.24) is 0 Å². The summed E-state index contributed by atoms with van der Waals surface area (Å²) in [5, 5.41) is 9.68. The number of aliphatic hydroxyl groups is 1. The van der Waals surface area contributed by atoms with Gasteiger partial charge >= 0.3 is 0 Å². The molecule has 2 nitrogen and oxygen atoms in total. The highest BCUT2D eigenvalue weighted by molar-refractivity contribution is 5.27. The fourth-order valence-corrected chi connectivity index (χ4v) is 1.44. The number of hydrogen-bond donors (Lipinski definition) is 2. The normalized spacial score (nSPS) is 15.1. The van der Waals surface area contributed by atoms with E-state index in [-0.39, 0.29) is 6.10 Å². The molecule has 0 aliphatic carbocycles. The summed E-state index contributed by atoms with van der Waals surface area (Å²) in [5.74, 6) is 0.360. The Hall–Kier alpha value is -0.860. The number of aliphatic hydroxyl groups excluding tert-OH is 1. The molecular formula is C12H19NO. The zero-order chi connectivity index (χ0) is 10.6. The van der Waals surface area contributed by atoms with Crippen LogP contribution in [0.2, 0.25) is 0 Å². The van der Waals surface area contributed by atoms with Crippen molar-refractivity contribution in [2.75, 3.05) is 6.54 Å². The molecule has 2 unspecified atom stereocenters. The van der Waals surface area contributed by atoms with E-state index in [1.54, 1.807) is 0 Å². The van der Waals surface area contributed by atoms with Gasteiger partial charge in [0.05, 0.1) is 6.10 Å². The van der Waals surface area contributed by atoms with Crippen LogP contribution >= 0.6 is 0 Å². The second-order valence-corrected chi connectivity index (χ2v) is 3.73. The standard InChI is InChI=1S/C12H19NO/c1-3-12(14)11-6-4-5-10(7-11)9(2)8-13/h4-7,9,12,14H,3,8,13H2,1-2H3. The highest BCUT2D eigenvalue weighted by Gasteiger charge is 2.07. The van der Waals surface area contributed by atoms with Crippen molar-refractivity contribution in [1.29, 1.82) is 0 Å². The SMILES string of the molecule is CCC(O)c1cccc(C(C)CN)c1. The van der Waals surface area contributed by atoms with Crippen LogP contribution in [0.5, 0.6) is 0 Å². The van der Waals surface area contributed by atoms with Gasteiger partial charge in [-0.15, -0.1) is 0 Å². The molecule has 78 valence electrons. The van der Waals surface area contributed by atoms with Crippen LogP contribution in [0.1, 0.15) is 43.4 Å². The molecule has 0 aliphatic rings. The summed E-state index contributed by atoms with van der Waals surface area (Å²) in [7, 11) is 0. The predicted molar refractivity (Wildman–Crippen MR) is 59.2 cm³/mol. The van der Waals surface area contributed by atoms with Gasteiger partial charge < -0.3 is 10.8 Å². The Kier molecular flexibility index (Phi) is 4.11. The fourth-order valence-electron chi connectivity index (χ4n) is 1.44. The number of hydrogen-bond acceptors (Lipinski definition) is 2. The molecular weight excluding hydrogens is 174 g/mol. The molecule has 2 atom stereocenters. The van der Waals surface area contributed by atoms with Crippen molar-refractivity contribution in [3.63, 3.8) is 0 Å². The second-order valence-electron chi connectivity index (χ2n) is 3.73. The first-order chi connectivity index (χ1) is 6.69. The lowest BCUT2D eigenvalue weighted by molar-refractivity contribution is 0.173. The van der Waals surface area contributed by atoms with Crippen molar-refractivity contribution in [2.24, 2.45) is 5.73 Å². The summed E-state index contributed by atoms with van der Waals surface area (Å²) >= 11 is 0. The van der Waals surface area contributed by atoms with E-state index in [0.29, 0.717) is 12.5 Å². The van der Waals surface area contributed by atoms with Gasteiger partial charge in [-0.1, -0.05) is 38.1 Å². The van der Waals surface area contributed by atoms with Crippen molar-refractivity contribution in [2.45, 2.75) is 32.3 Å². The van der Waals surface area contributed by atoms with Crippen LogP contribution in [0.25, 0.3) is 0 Å². The molecule has 3 N–H and O–H groups in total. The van der Waals surface area contributed by atoms with Gasteiger partial charge in [-0.2, -0.15) is 0 Å². The first-order valence-corrected chi connectivity index (χ1v) is 5.17. The molecule has 2 heteroatoms. The zero-order valence-corrected chi connectivity index (χ0v) is 8.90. The summed E-state index contributed by atoms with van der Waals surface area (Å²) in [4.78, 5) is 0. The van der Waals surface area contributed by atoms with Gasteiger partial charge in [0, 0.05) is 0 Å². The quantitative estimate of drug-likeness (QED) is 0.770. The minimum absolute atomic E-state index is 0.347. The number of nitrogens with two attached hydrogens (primary N) is 1. The third-order valence-corrected chi connectivity index (χ3v) is 2.60. The predicted octanol–water partition coefficient (Wildman–Crippen LogP) is 2.19. The highest BCUT2D eigenvalue weighted by atomic mass is 16.3. The van der Waals surface area contributed by atoms with Gasteiger partial charge in [0.2, 0.25) is 0 Å². The van der Waals surface area contributed by atoms with Gasteiger partial charge in [-0.3, -0.25) is 0 Å². The Labute approximate surface area is 85.8 Å². The lowest BCUT2D eigenvalue weighted by Crippen LogP contribution is -2.09. The Balaban J connectivity index is 2.89. The van der Waals surface area contributed by atoms with Crippen LogP contribution in [0, 0.1) is 0 Å². The minimum atomic E-state index is -0.347. The molecule has 0 bridgehead atoms. The molecule has 1 aromatic rings. The summed E-state index contributed by atoms with van der Waals surface area (Å²) in [6, 6.07) is 8.05. The monoisotopic (exact) mass is 193 g/mol. The maximum atomic E-state index is 9.68. The van der Waals surface area contributed by atoms with Crippen LogP contribution in [0.3, 0.4) is 0 Å². The average molecular weight is 193 g/mol. The first-order valence-electron chi connectivity index (χ1n) is 5.17. The van der Waals surface area contributed by atoms with Gasteiger partial charge in [-0.05, 0) is 30.0 Å². The van der Waals surface area contributed by atoms with Gasteiger partial charge in [0.1, 0.15) is 0 Å². The van der Waals surface area contributed by atoms with Crippen molar-refractivity contribution in [3.8, 4) is 0 Å². The Morgan fingerprint density at radius 1 is 1.36 bits per heavy atom. The van der Waals surface area contributed by atoms with E-state index in [2.05, 4.69) is 13.0 Å². The fraction of sp³-hybridized carbons (Fsp3) is 0.500. The third-order valence-electron chi connectivity index (χ3n) is 2.60. The van der Waals surface area contributed by atoms with E-state index in [4.69, 9.17) is 5.73 Å². The smallest absolute Gasteiger partial charge is 0.0787 e. The van der Waals surface area contributed by atoms with Crippen LogP contribution < -0.4 is 5.73 Å². The van der Waals surface area contributed by atoms with E-state index in [1.165, 1.54) is 5.56 Å². The van der Waals surface area contributed by atoms with Gasteiger partial charge in [0.15, 0.2) is 0 Å². The van der Waals surface area contributed by atoms with E-state index in [1.807, 2.05) is 25.1 Å². The molecule has 0 aliphatic heterocycles. The highest BCUT2D eigenvalue weighted by Crippen LogP contribution is 2.21. The molecule has 0 saturated heterocycles. The van der Waals surface area contributed by atoms with E-state index < -0.39 is 0 Å². The van der Waals surface area contributed by atoms with Gasteiger partial charge in [0.25, 0.3) is 0 Å². The molecule has 0 radical (unpaired) electrons. The van der Waals surface area contributed by atoms with Crippen molar-refractivity contribution >= 4 is 0 Å². The third kappa shape index (κ3) is 2.56. The molecule has 0 amide bonds. The zero-order valence-electron chi connectivity index (χ0n) is 8.90. The average Bonchev–Trinajstić information content (AvgIpc) is 2.27. The molecule has 0 fully saturated rings. The lowest BCUT2D eigenvalue weighted by Gasteiger charge is -2.13. The van der Waals surface area contributed by atoms with Crippen LogP contribution in [0.4, 0.5) is 0 Å². The molecule has 0 spiro atoms. The maximum Gasteiger partial charge on any atom is 0.0787 e. The number of rotatable bonds is 4. The Morgan fingerprint density at radius 2 is 2.00 bits per heavy atom. The summed E-state index contributed by atoms with van der Waals surface area (Å²) < 4.78 is 0. The maximum absolute atomic E-state index is 9.68. The largest absolute Gasteiger partial charge is 0.388 e. The van der Waals surface area contributed by atoms with Crippen LogP contribution in [0.15, 0.2) is 24.3 Å². The topological polar surface area (TPSA) is 46.2 Å². The van der Waals surface area contributed by atoms with Crippen molar-refractivity contribution < 1.29 is 5.11 Å². The first kappa shape index (κ1) is 11.2. The van der Waals surface area contributed by atoms with Gasteiger partial charge in [-0.25, -0.2) is 0 Å². The second kappa shape index (κ2) is 5.13. The molecule has 0 heterocycles.